The number of carbonyl (C=O) groups excluding carboxylic acids is 1. The van der Waals surface area contributed by atoms with Crippen molar-refractivity contribution in [1.29, 1.82) is 0 Å². The first kappa shape index (κ1) is 20.8. The van der Waals surface area contributed by atoms with Gasteiger partial charge in [-0.15, -0.1) is 0 Å². The summed E-state index contributed by atoms with van der Waals surface area (Å²) in [5.41, 5.74) is 4.35. The van der Waals surface area contributed by atoms with E-state index in [1.165, 1.54) is 12.1 Å². The highest BCUT2D eigenvalue weighted by atomic mass is 19.1. The van der Waals surface area contributed by atoms with Crippen LogP contribution in [0.4, 0.5) is 8.78 Å². The monoisotopic (exact) mass is 439 g/mol. The molecule has 32 heavy (non-hydrogen) atoms. The maximum absolute atomic E-state index is 14.6. The molecule has 1 fully saturated rings. The van der Waals surface area contributed by atoms with Crippen molar-refractivity contribution in [2.45, 2.75) is 57.5 Å². The summed E-state index contributed by atoms with van der Waals surface area (Å²) in [6, 6.07) is 3.30. The van der Waals surface area contributed by atoms with E-state index in [0.29, 0.717) is 29.2 Å². The third-order valence-corrected chi connectivity index (χ3v) is 6.89. The lowest BCUT2D eigenvalue weighted by molar-refractivity contribution is 0.0544. The van der Waals surface area contributed by atoms with Gasteiger partial charge < -0.3 is 4.90 Å². The van der Waals surface area contributed by atoms with E-state index < -0.39 is 11.6 Å². The highest BCUT2D eigenvalue weighted by molar-refractivity contribution is 5.96. The minimum absolute atomic E-state index is 0.0230. The van der Waals surface area contributed by atoms with E-state index in [1.807, 2.05) is 23.6 Å². The Morgan fingerprint density at radius 3 is 2.59 bits per heavy atom. The van der Waals surface area contributed by atoms with E-state index in [4.69, 9.17) is 0 Å². The van der Waals surface area contributed by atoms with Gasteiger partial charge >= 0.3 is 0 Å². The number of rotatable bonds is 4. The summed E-state index contributed by atoms with van der Waals surface area (Å²) < 4.78 is 31.6. The van der Waals surface area contributed by atoms with Crippen molar-refractivity contribution in [2.24, 2.45) is 14.1 Å². The Kier molecular flexibility index (Phi) is 4.91. The second-order valence-electron chi connectivity index (χ2n) is 8.96. The molecular formula is C24H27F2N5O. The molecule has 2 atom stereocenters. The van der Waals surface area contributed by atoms with Crippen molar-refractivity contribution in [2.75, 3.05) is 0 Å². The molecule has 168 valence electrons. The van der Waals surface area contributed by atoms with Crippen LogP contribution in [0.3, 0.4) is 0 Å². The van der Waals surface area contributed by atoms with Crippen LogP contribution in [0.1, 0.15) is 72.4 Å². The molecule has 0 bridgehead atoms. The minimum Gasteiger partial charge on any atom is -0.327 e. The standard InChI is InChI=1S/C24H27F2N5O/c1-5-16-11-18-21(28-30(4)23(18)17-9-8-15(25)10-20(17)26)13(2)31(16)24(32)19-12-27-29(3)22(19)14-6-7-14/h8-10,12-14,16H,5-7,11H2,1-4H3/t13-,16?/m0/s1. The maximum Gasteiger partial charge on any atom is 0.258 e. The highest BCUT2D eigenvalue weighted by Crippen LogP contribution is 2.44. The predicted octanol–water partition coefficient (Wildman–Crippen LogP) is 4.51. The van der Waals surface area contributed by atoms with Crippen LogP contribution in [0.5, 0.6) is 0 Å². The third kappa shape index (κ3) is 3.15. The number of aryl methyl sites for hydroxylation is 2. The summed E-state index contributed by atoms with van der Waals surface area (Å²) in [5.74, 6) is -0.841. The Balaban J connectivity index is 1.57. The molecule has 2 aromatic heterocycles. The van der Waals surface area contributed by atoms with Crippen molar-refractivity contribution in [3.63, 3.8) is 0 Å². The Bertz CT molecular complexity index is 1210. The molecule has 8 heteroatoms. The van der Waals surface area contributed by atoms with Gasteiger partial charge in [0.15, 0.2) is 0 Å². The normalized spacial score (nSPS) is 20.5. The number of nitrogens with zero attached hydrogens (tertiary/aromatic N) is 5. The van der Waals surface area contributed by atoms with Crippen molar-refractivity contribution >= 4 is 5.91 Å². The van der Waals surface area contributed by atoms with Gasteiger partial charge in [0.05, 0.1) is 34.9 Å². The molecule has 0 saturated heterocycles. The van der Waals surface area contributed by atoms with Gasteiger partial charge in [0.2, 0.25) is 0 Å². The fourth-order valence-corrected chi connectivity index (χ4v) is 5.20. The number of halogens is 2. The van der Waals surface area contributed by atoms with Crippen molar-refractivity contribution in [1.82, 2.24) is 24.5 Å². The molecule has 1 aliphatic heterocycles. The maximum atomic E-state index is 14.6. The fourth-order valence-electron chi connectivity index (χ4n) is 5.20. The lowest BCUT2D eigenvalue weighted by Crippen LogP contribution is -2.46. The number of carbonyl (C=O) groups is 1. The lowest BCUT2D eigenvalue weighted by atomic mass is 9.88. The topological polar surface area (TPSA) is 56.0 Å². The smallest absolute Gasteiger partial charge is 0.258 e. The summed E-state index contributed by atoms with van der Waals surface area (Å²) >= 11 is 0. The van der Waals surface area contributed by atoms with E-state index >= 15 is 0 Å². The second kappa shape index (κ2) is 7.53. The largest absolute Gasteiger partial charge is 0.327 e. The van der Waals surface area contributed by atoms with E-state index in [0.717, 1.165) is 42.3 Å². The molecule has 1 saturated carbocycles. The van der Waals surface area contributed by atoms with Crippen LogP contribution < -0.4 is 0 Å². The summed E-state index contributed by atoms with van der Waals surface area (Å²) in [7, 11) is 3.66. The third-order valence-electron chi connectivity index (χ3n) is 6.89. The van der Waals surface area contributed by atoms with Crippen molar-refractivity contribution in [3.05, 3.63) is 58.5 Å². The Morgan fingerprint density at radius 2 is 1.94 bits per heavy atom. The summed E-state index contributed by atoms with van der Waals surface area (Å²) in [6.45, 7) is 4.03. The van der Waals surface area contributed by atoms with Gasteiger partial charge in [0.1, 0.15) is 11.6 Å². The molecule has 5 rings (SSSR count). The Morgan fingerprint density at radius 1 is 1.19 bits per heavy atom. The molecule has 3 heterocycles. The zero-order valence-corrected chi connectivity index (χ0v) is 18.8. The van der Waals surface area contributed by atoms with Crippen LogP contribution in [0.2, 0.25) is 0 Å². The lowest BCUT2D eigenvalue weighted by Gasteiger charge is -2.40. The van der Waals surface area contributed by atoms with Gasteiger partial charge in [-0.2, -0.15) is 10.2 Å². The van der Waals surface area contributed by atoms with E-state index in [2.05, 4.69) is 17.1 Å². The Labute approximate surface area is 185 Å². The first-order valence-electron chi connectivity index (χ1n) is 11.2. The summed E-state index contributed by atoms with van der Waals surface area (Å²) in [4.78, 5) is 15.7. The molecule has 0 N–H and O–H groups in total. The van der Waals surface area contributed by atoms with Crippen LogP contribution >= 0.6 is 0 Å². The molecule has 1 aliphatic carbocycles. The zero-order valence-electron chi connectivity index (χ0n) is 18.8. The van der Waals surface area contributed by atoms with Crippen LogP contribution in [-0.2, 0) is 20.5 Å². The van der Waals surface area contributed by atoms with Gasteiger partial charge in [0, 0.05) is 43.2 Å². The number of hydrogen-bond acceptors (Lipinski definition) is 3. The first-order chi connectivity index (χ1) is 15.3. The number of aromatic nitrogens is 4. The molecule has 0 radical (unpaired) electrons. The van der Waals surface area contributed by atoms with Crippen LogP contribution in [0.15, 0.2) is 24.4 Å². The van der Waals surface area contributed by atoms with E-state index in [9.17, 15) is 13.6 Å². The van der Waals surface area contributed by atoms with Gasteiger partial charge in [-0.3, -0.25) is 14.2 Å². The predicted molar refractivity (Wildman–Crippen MR) is 116 cm³/mol. The number of fused-ring (bicyclic) bond motifs is 1. The Hall–Kier alpha value is -3.03. The molecular weight excluding hydrogens is 412 g/mol. The van der Waals surface area contributed by atoms with Gasteiger partial charge in [-0.1, -0.05) is 6.92 Å². The zero-order chi connectivity index (χ0) is 22.7. The molecule has 3 aromatic rings. The van der Waals surface area contributed by atoms with Crippen molar-refractivity contribution in [3.8, 4) is 11.3 Å². The SMILES string of the molecule is CCC1Cc2c(nn(C)c2-c2ccc(F)cc2F)[C@H](C)N1C(=O)c1cnn(C)c1C1CC1. The van der Waals surface area contributed by atoms with Crippen LogP contribution in [0.25, 0.3) is 11.3 Å². The highest BCUT2D eigenvalue weighted by Gasteiger charge is 2.41. The number of hydrogen-bond donors (Lipinski definition) is 0. The molecule has 2 aliphatic rings. The van der Waals surface area contributed by atoms with Crippen LogP contribution in [-0.4, -0.2) is 36.4 Å². The molecule has 0 spiro atoms. The average Bonchev–Trinajstić information content (AvgIpc) is 3.43. The molecule has 6 nitrogen and oxygen atoms in total. The van der Waals surface area contributed by atoms with Crippen LogP contribution in [0, 0.1) is 11.6 Å². The molecule has 1 amide bonds. The van der Waals surface area contributed by atoms with Gasteiger partial charge in [-0.25, -0.2) is 8.78 Å². The molecule has 1 aromatic carbocycles. The minimum atomic E-state index is -0.612. The first-order valence-corrected chi connectivity index (χ1v) is 11.2. The van der Waals surface area contributed by atoms with Crippen molar-refractivity contribution < 1.29 is 13.6 Å². The molecule has 1 unspecified atom stereocenters. The fraction of sp³-hybridized carbons (Fsp3) is 0.458. The van der Waals surface area contributed by atoms with Gasteiger partial charge in [0.25, 0.3) is 5.91 Å². The number of benzene rings is 1. The summed E-state index contributed by atoms with van der Waals surface area (Å²) in [5, 5.41) is 9.05. The van der Waals surface area contributed by atoms with E-state index in [-0.39, 0.29) is 18.0 Å². The quantitative estimate of drug-likeness (QED) is 0.601. The number of amides is 1. The second-order valence-corrected chi connectivity index (χ2v) is 8.96. The average molecular weight is 440 g/mol. The summed E-state index contributed by atoms with van der Waals surface area (Å²) in [6.07, 6.45) is 5.19. The van der Waals surface area contributed by atoms with E-state index in [1.54, 1.807) is 17.9 Å². The van der Waals surface area contributed by atoms with Gasteiger partial charge in [-0.05, 0) is 44.7 Å².